The maximum atomic E-state index is 12.7. The van der Waals surface area contributed by atoms with Crippen molar-refractivity contribution >= 4 is 17.5 Å². The Balaban J connectivity index is 1.71. The van der Waals surface area contributed by atoms with Crippen LogP contribution in [0.2, 0.25) is 5.02 Å². The predicted molar refractivity (Wildman–Crippen MR) is 89.9 cm³/mol. The van der Waals surface area contributed by atoms with Crippen molar-refractivity contribution in [3.63, 3.8) is 0 Å². The minimum absolute atomic E-state index is 0.0544. The van der Waals surface area contributed by atoms with Gasteiger partial charge < -0.3 is 5.32 Å². The van der Waals surface area contributed by atoms with Crippen molar-refractivity contribution in [1.29, 1.82) is 0 Å². The average molecular weight is 314 g/mol. The topological polar surface area (TPSA) is 29.1 Å². The maximum Gasteiger partial charge on any atom is 0.228 e. The zero-order chi connectivity index (χ0) is 15.5. The number of rotatable bonds is 5. The van der Waals surface area contributed by atoms with E-state index in [1.54, 1.807) is 0 Å². The summed E-state index contributed by atoms with van der Waals surface area (Å²) in [6.45, 7) is 2.65. The van der Waals surface area contributed by atoms with Gasteiger partial charge in [-0.05, 0) is 54.5 Å². The van der Waals surface area contributed by atoms with Gasteiger partial charge in [-0.15, -0.1) is 0 Å². The monoisotopic (exact) mass is 313 g/mol. The Labute approximate surface area is 136 Å². The molecule has 0 heterocycles. The molecular formula is C19H20ClNO. The molecule has 0 radical (unpaired) electrons. The SMILES string of the molecule is Cc1ccccc1CNC(=O)C(c1ccc(Cl)cc1)C1CC1. The first-order valence-electron chi connectivity index (χ1n) is 7.73. The summed E-state index contributed by atoms with van der Waals surface area (Å²) in [6.07, 6.45) is 2.26. The number of benzene rings is 2. The van der Waals surface area contributed by atoms with Gasteiger partial charge in [0, 0.05) is 11.6 Å². The third-order valence-corrected chi connectivity index (χ3v) is 4.57. The van der Waals surface area contributed by atoms with Crippen LogP contribution in [0, 0.1) is 12.8 Å². The van der Waals surface area contributed by atoms with Crippen molar-refractivity contribution < 1.29 is 4.79 Å². The van der Waals surface area contributed by atoms with Crippen LogP contribution in [0.1, 0.15) is 35.4 Å². The molecule has 1 aliphatic rings. The van der Waals surface area contributed by atoms with Crippen LogP contribution >= 0.6 is 11.6 Å². The van der Waals surface area contributed by atoms with E-state index in [0.29, 0.717) is 17.5 Å². The normalized spacial score (nSPS) is 15.4. The molecule has 1 aliphatic carbocycles. The molecule has 1 amide bonds. The van der Waals surface area contributed by atoms with Crippen LogP contribution in [0.5, 0.6) is 0 Å². The first-order chi connectivity index (χ1) is 10.6. The molecule has 3 heteroatoms. The van der Waals surface area contributed by atoms with E-state index >= 15 is 0 Å². The first kappa shape index (κ1) is 15.1. The highest BCUT2D eigenvalue weighted by molar-refractivity contribution is 6.30. The minimum Gasteiger partial charge on any atom is -0.351 e. The molecule has 2 nitrogen and oxygen atoms in total. The van der Waals surface area contributed by atoms with Crippen LogP contribution in [0.25, 0.3) is 0 Å². The molecule has 1 atom stereocenters. The van der Waals surface area contributed by atoms with Crippen LogP contribution in [0.3, 0.4) is 0 Å². The van der Waals surface area contributed by atoms with Gasteiger partial charge >= 0.3 is 0 Å². The molecule has 1 unspecified atom stereocenters. The Morgan fingerprint density at radius 1 is 1.18 bits per heavy atom. The summed E-state index contributed by atoms with van der Waals surface area (Å²) in [5.74, 6) is 0.535. The lowest BCUT2D eigenvalue weighted by Crippen LogP contribution is -2.30. The van der Waals surface area contributed by atoms with Gasteiger partial charge in [0.05, 0.1) is 5.92 Å². The van der Waals surface area contributed by atoms with Gasteiger partial charge in [0.25, 0.3) is 0 Å². The third kappa shape index (κ3) is 3.50. The van der Waals surface area contributed by atoms with E-state index in [1.165, 1.54) is 11.1 Å². The fraction of sp³-hybridized carbons (Fsp3) is 0.316. The van der Waals surface area contributed by atoms with Crippen LogP contribution < -0.4 is 5.32 Å². The lowest BCUT2D eigenvalue weighted by molar-refractivity contribution is -0.123. The van der Waals surface area contributed by atoms with Crippen molar-refractivity contribution in [3.8, 4) is 0 Å². The summed E-state index contributed by atoms with van der Waals surface area (Å²) in [4.78, 5) is 12.7. The highest BCUT2D eigenvalue weighted by atomic mass is 35.5. The molecule has 0 aromatic heterocycles. The second kappa shape index (κ2) is 6.53. The first-order valence-corrected chi connectivity index (χ1v) is 8.10. The highest BCUT2D eigenvalue weighted by Gasteiger charge is 2.37. The lowest BCUT2D eigenvalue weighted by atomic mass is 9.93. The lowest BCUT2D eigenvalue weighted by Gasteiger charge is -2.17. The molecule has 0 aliphatic heterocycles. The molecule has 22 heavy (non-hydrogen) atoms. The maximum absolute atomic E-state index is 12.7. The Morgan fingerprint density at radius 3 is 2.50 bits per heavy atom. The van der Waals surface area contributed by atoms with Crippen LogP contribution in [0.15, 0.2) is 48.5 Å². The molecule has 0 saturated heterocycles. The van der Waals surface area contributed by atoms with E-state index in [1.807, 2.05) is 36.4 Å². The zero-order valence-electron chi connectivity index (χ0n) is 12.7. The van der Waals surface area contributed by atoms with Gasteiger partial charge in [-0.2, -0.15) is 0 Å². The quantitative estimate of drug-likeness (QED) is 0.867. The van der Waals surface area contributed by atoms with E-state index in [4.69, 9.17) is 11.6 Å². The molecule has 0 bridgehead atoms. The van der Waals surface area contributed by atoms with E-state index in [9.17, 15) is 4.79 Å². The largest absolute Gasteiger partial charge is 0.351 e. The van der Waals surface area contributed by atoms with Crippen molar-refractivity contribution in [2.24, 2.45) is 5.92 Å². The van der Waals surface area contributed by atoms with E-state index in [2.05, 4.69) is 24.4 Å². The third-order valence-electron chi connectivity index (χ3n) is 4.32. The fourth-order valence-corrected chi connectivity index (χ4v) is 2.96. The number of aryl methyl sites for hydroxylation is 1. The number of amides is 1. The second-order valence-corrected chi connectivity index (χ2v) is 6.45. The molecule has 2 aromatic rings. The van der Waals surface area contributed by atoms with E-state index < -0.39 is 0 Å². The van der Waals surface area contributed by atoms with Gasteiger partial charge in [0.15, 0.2) is 0 Å². The number of hydrogen-bond donors (Lipinski definition) is 1. The minimum atomic E-state index is -0.0544. The van der Waals surface area contributed by atoms with Crippen molar-refractivity contribution in [1.82, 2.24) is 5.32 Å². The number of carbonyl (C=O) groups excluding carboxylic acids is 1. The average Bonchev–Trinajstić information content (AvgIpc) is 3.33. The highest BCUT2D eigenvalue weighted by Crippen LogP contribution is 2.43. The summed E-state index contributed by atoms with van der Waals surface area (Å²) in [5, 5.41) is 3.81. The Bertz CT molecular complexity index is 661. The molecular weight excluding hydrogens is 294 g/mol. The van der Waals surface area contributed by atoms with Gasteiger partial charge in [-0.1, -0.05) is 48.0 Å². The van der Waals surface area contributed by atoms with Crippen molar-refractivity contribution in [2.45, 2.75) is 32.2 Å². The van der Waals surface area contributed by atoms with E-state index in [-0.39, 0.29) is 11.8 Å². The van der Waals surface area contributed by atoms with E-state index in [0.717, 1.165) is 18.4 Å². The Kier molecular flexibility index (Phi) is 4.49. The fourth-order valence-electron chi connectivity index (χ4n) is 2.84. The molecule has 114 valence electrons. The number of carbonyl (C=O) groups is 1. The van der Waals surface area contributed by atoms with Crippen LogP contribution in [0.4, 0.5) is 0 Å². The molecule has 1 fully saturated rings. The summed E-state index contributed by atoms with van der Waals surface area (Å²) in [6, 6.07) is 15.8. The van der Waals surface area contributed by atoms with Crippen LogP contribution in [-0.4, -0.2) is 5.91 Å². The Morgan fingerprint density at radius 2 is 1.86 bits per heavy atom. The van der Waals surface area contributed by atoms with Crippen molar-refractivity contribution in [2.75, 3.05) is 0 Å². The smallest absolute Gasteiger partial charge is 0.228 e. The predicted octanol–water partition coefficient (Wildman–Crippen LogP) is 4.46. The number of halogens is 1. The van der Waals surface area contributed by atoms with Crippen LogP contribution in [-0.2, 0) is 11.3 Å². The molecule has 1 N–H and O–H groups in total. The van der Waals surface area contributed by atoms with Gasteiger partial charge in [-0.3, -0.25) is 4.79 Å². The number of nitrogens with one attached hydrogen (secondary N) is 1. The molecule has 1 saturated carbocycles. The Hall–Kier alpha value is -1.80. The summed E-state index contributed by atoms with van der Waals surface area (Å²) in [7, 11) is 0. The standard InChI is InChI=1S/C19H20ClNO/c1-13-4-2-3-5-16(13)12-21-19(22)18(14-6-7-14)15-8-10-17(20)11-9-15/h2-5,8-11,14,18H,6-7,12H2,1H3,(H,21,22). The van der Waals surface area contributed by atoms with Gasteiger partial charge in [0.1, 0.15) is 0 Å². The molecule has 3 rings (SSSR count). The van der Waals surface area contributed by atoms with Crippen molar-refractivity contribution in [3.05, 3.63) is 70.2 Å². The second-order valence-electron chi connectivity index (χ2n) is 6.01. The van der Waals surface area contributed by atoms with Gasteiger partial charge in [-0.25, -0.2) is 0 Å². The molecule has 2 aromatic carbocycles. The van der Waals surface area contributed by atoms with Gasteiger partial charge in [0.2, 0.25) is 5.91 Å². The summed E-state index contributed by atoms with van der Waals surface area (Å²) in [5.41, 5.74) is 3.44. The molecule has 0 spiro atoms. The zero-order valence-corrected chi connectivity index (χ0v) is 13.4. The summed E-state index contributed by atoms with van der Waals surface area (Å²) >= 11 is 5.95. The summed E-state index contributed by atoms with van der Waals surface area (Å²) < 4.78 is 0. The number of hydrogen-bond acceptors (Lipinski definition) is 1.